The van der Waals surface area contributed by atoms with Crippen molar-refractivity contribution in [3.05, 3.63) is 42.0 Å². The number of aryl methyl sites for hydroxylation is 1. The molecule has 0 spiro atoms. The Balaban J connectivity index is 1.88. The first kappa shape index (κ1) is 10.6. The Labute approximate surface area is 102 Å². The molecule has 1 aliphatic carbocycles. The first-order chi connectivity index (χ1) is 8.31. The molecule has 17 heavy (non-hydrogen) atoms. The summed E-state index contributed by atoms with van der Waals surface area (Å²) in [5.41, 5.74) is 1.31. The Morgan fingerprint density at radius 3 is 2.47 bits per heavy atom. The third-order valence-electron chi connectivity index (χ3n) is 3.57. The third kappa shape index (κ3) is 2.28. The van der Waals surface area contributed by atoms with Crippen LogP contribution in [0.3, 0.4) is 0 Å². The van der Waals surface area contributed by atoms with Gasteiger partial charge in [0.05, 0.1) is 6.10 Å². The molecule has 2 aromatic rings. The molecule has 0 aromatic heterocycles. The summed E-state index contributed by atoms with van der Waals surface area (Å²) in [4.78, 5) is 0. The molecule has 3 rings (SSSR count). The predicted molar refractivity (Wildman–Crippen MR) is 71.6 cm³/mol. The lowest BCUT2D eigenvalue weighted by Gasteiger charge is -2.13. The van der Waals surface area contributed by atoms with Crippen LogP contribution >= 0.6 is 0 Å². The smallest absolute Gasteiger partial charge is 0.120 e. The predicted octanol–water partition coefficient (Wildman–Crippen LogP) is 4.47. The van der Waals surface area contributed by atoms with E-state index in [4.69, 9.17) is 4.74 Å². The number of hydrogen-bond donors (Lipinski definition) is 0. The Morgan fingerprint density at radius 1 is 0.941 bits per heavy atom. The zero-order valence-corrected chi connectivity index (χ0v) is 10.3. The molecule has 0 aliphatic heterocycles. The SMILES string of the molecule is Cc1ccc2cc(OC3CCCC3)ccc2c1. The quantitative estimate of drug-likeness (QED) is 0.734. The van der Waals surface area contributed by atoms with Gasteiger partial charge in [0, 0.05) is 0 Å². The van der Waals surface area contributed by atoms with Crippen molar-refractivity contribution in [2.45, 2.75) is 38.7 Å². The zero-order chi connectivity index (χ0) is 11.7. The lowest BCUT2D eigenvalue weighted by molar-refractivity contribution is 0.210. The van der Waals surface area contributed by atoms with Crippen molar-refractivity contribution in [2.24, 2.45) is 0 Å². The van der Waals surface area contributed by atoms with Gasteiger partial charge in [0.1, 0.15) is 5.75 Å². The molecule has 0 unspecified atom stereocenters. The topological polar surface area (TPSA) is 9.23 Å². The molecule has 0 heterocycles. The summed E-state index contributed by atoms with van der Waals surface area (Å²) in [6.07, 6.45) is 5.50. The van der Waals surface area contributed by atoms with E-state index in [0.717, 1.165) is 5.75 Å². The van der Waals surface area contributed by atoms with Gasteiger partial charge in [-0.3, -0.25) is 0 Å². The molecule has 0 amide bonds. The van der Waals surface area contributed by atoms with Gasteiger partial charge in [0.15, 0.2) is 0 Å². The van der Waals surface area contributed by atoms with Gasteiger partial charge in [0.2, 0.25) is 0 Å². The summed E-state index contributed by atoms with van der Waals surface area (Å²) in [7, 11) is 0. The maximum atomic E-state index is 6.01. The number of hydrogen-bond acceptors (Lipinski definition) is 1. The van der Waals surface area contributed by atoms with Gasteiger partial charge in [-0.2, -0.15) is 0 Å². The van der Waals surface area contributed by atoms with Crippen LogP contribution in [0.25, 0.3) is 10.8 Å². The van der Waals surface area contributed by atoms with Gasteiger partial charge in [0.25, 0.3) is 0 Å². The van der Waals surface area contributed by atoms with Crippen molar-refractivity contribution in [1.29, 1.82) is 0 Å². The molecule has 1 fully saturated rings. The van der Waals surface area contributed by atoms with E-state index in [-0.39, 0.29) is 0 Å². The molecule has 1 heteroatoms. The molecule has 2 aromatic carbocycles. The van der Waals surface area contributed by atoms with Crippen LogP contribution in [-0.2, 0) is 0 Å². The fraction of sp³-hybridized carbons (Fsp3) is 0.375. The van der Waals surface area contributed by atoms with Gasteiger partial charge in [-0.1, -0.05) is 29.8 Å². The van der Waals surface area contributed by atoms with E-state index < -0.39 is 0 Å². The van der Waals surface area contributed by atoms with Crippen LogP contribution in [0.5, 0.6) is 5.75 Å². The molecular formula is C16H18O. The maximum absolute atomic E-state index is 6.01. The van der Waals surface area contributed by atoms with E-state index in [2.05, 4.69) is 43.3 Å². The van der Waals surface area contributed by atoms with Crippen molar-refractivity contribution in [3.63, 3.8) is 0 Å². The minimum atomic E-state index is 0.442. The molecular weight excluding hydrogens is 208 g/mol. The summed E-state index contributed by atoms with van der Waals surface area (Å²) < 4.78 is 6.01. The largest absolute Gasteiger partial charge is 0.490 e. The average molecular weight is 226 g/mol. The minimum Gasteiger partial charge on any atom is -0.490 e. The second kappa shape index (κ2) is 4.40. The molecule has 0 radical (unpaired) electrons. The second-order valence-electron chi connectivity index (χ2n) is 5.04. The maximum Gasteiger partial charge on any atom is 0.120 e. The summed E-state index contributed by atoms with van der Waals surface area (Å²) in [6.45, 7) is 2.13. The van der Waals surface area contributed by atoms with Crippen molar-refractivity contribution in [1.82, 2.24) is 0 Å². The molecule has 0 atom stereocenters. The highest BCUT2D eigenvalue weighted by molar-refractivity contribution is 5.84. The minimum absolute atomic E-state index is 0.442. The fourth-order valence-electron chi connectivity index (χ4n) is 2.62. The summed E-state index contributed by atoms with van der Waals surface area (Å²) >= 11 is 0. The third-order valence-corrected chi connectivity index (χ3v) is 3.57. The molecule has 0 bridgehead atoms. The lowest BCUT2D eigenvalue weighted by atomic mass is 10.1. The summed E-state index contributed by atoms with van der Waals surface area (Å²) in [6, 6.07) is 13.0. The van der Waals surface area contributed by atoms with Gasteiger partial charge < -0.3 is 4.74 Å². The first-order valence-electron chi connectivity index (χ1n) is 6.48. The van der Waals surface area contributed by atoms with Crippen LogP contribution in [0.2, 0.25) is 0 Å². The van der Waals surface area contributed by atoms with Crippen LogP contribution in [-0.4, -0.2) is 6.10 Å². The van der Waals surface area contributed by atoms with Gasteiger partial charge in [-0.05, 0) is 55.5 Å². The van der Waals surface area contributed by atoms with Crippen LogP contribution in [0.4, 0.5) is 0 Å². The standard InChI is InChI=1S/C16H18O/c1-12-6-7-14-11-16(9-8-13(14)10-12)17-15-4-2-3-5-15/h6-11,15H,2-5H2,1H3. The molecule has 1 saturated carbocycles. The lowest BCUT2D eigenvalue weighted by Crippen LogP contribution is -2.10. The summed E-state index contributed by atoms with van der Waals surface area (Å²) in [5.74, 6) is 1.02. The molecule has 0 N–H and O–H groups in total. The second-order valence-corrected chi connectivity index (χ2v) is 5.04. The monoisotopic (exact) mass is 226 g/mol. The zero-order valence-electron chi connectivity index (χ0n) is 10.3. The van der Waals surface area contributed by atoms with E-state index in [1.807, 2.05) is 0 Å². The average Bonchev–Trinajstić information content (AvgIpc) is 2.82. The van der Waals surface area contributed by atoms with Crippen LogP contribution in [0.15, 0.2) is 36.4 Å². The summed E-state index contributed by atoms with van der Waals surface area (Å²) in [5, 5.41) is 2.56. The van der Waals surface area contributed by atoms with Crippen molar-refractivity contribution in [3.8, 4) is 5.75 Å². The van der Waals surface area contributed by atoms with Crippen LogP contribution in [0, 0.1) is 6.92 Å². The van der Waals surface area contributed by atoms with E-state index >= 15 is 0 Å². The normalized spacial score (nSPS) is 16.5. The van der Waals surface area contributed by atoms with E-state index in [0.29, 0.717) is 6.10 Å². The number of fused-ring (bicyclic) bond motifs is 1. The Bertz CT molecular complexity index is 524. The van der Waals surface area contributed by atoms with Gasteiger partial charge >= 0.3 is 0 Å². The van der Waals surface area contributed by atoms with Crippen LogP contribution < -0.4 is 4.74 Å². The van der Waals surface area contributed by atoms with Crippen molar-refractivity contribution < 1.29 is 4.74 Å². The van der Waals surface area contributed by atoms with Gasteiger partial charge in [-0.15, -0.1) is 0 Å². The molecule has 1 nitrogen and oxygen atoms in total. The number of ether oxygens (including phenoxy) is 1. The van der Waals surface area contributed by atoms with E-state index in [1.54, 1.807) is 0 Å². The number of benzene rings is 2. The highest BCUT2D eigenvalue weighted by Gasteiger charge is 2.16. The Morgan fingerprint density at radius 2 is 1.65 bits per heavy atom. The highest BCUT2D eigenvalue weighted by atomic mass is 16.5. The molecule has 88 valence electrons. The Hall–Kier alpha value is -1.50. The van der Waals surface area contributed by atoms with Crippen molar-refractivity contribution >= 4 is 10.8 Å². The molecule has 1 aliphatic rings. The first-order valence-corrected chi connectivity index (χ1v) is 6.48. The highest BCUT2D eigenvalue weighted by Crippen LogP contribution is 2.27. The Kier molecular flexibility index (Phi) is 2.76. The van der Waals surface area contributed by atoms with Crippen LogP contribution in [0.1, 0.15) is 31.2 Å². The van der Waals surface area contributed by atoms with E-state index in [1.165, 1.54) is 42.0 Å². The fourth-order valence-corrected chi connectivity index (χ4v) is 2.62. The van der Waals surface area contributed by atoms with E-state index in [9.17, 15) is 0 Å². The molecule has 0 saturated heterocycles. The van der Waals surface area contributed by atoms with Gasteiger partial charge in [-0.25, -0.2) is 0 Å². The number of rotatable bonds is 2. The van der Waals surface area contributed by atoms with Crippen molar-refractivity contribution in [2.75, 3.05) is 0 Å².